The molecule has 74 valence electrons. The third-order valence-electron chi connectivity index (χ3n) is 1.60. The van der Waals surface area contributed by atoms with Gasteiger partial charge in [-0.2, -0.15) is 5.26 Å². The van der Waals surface area contributed by atoms with Crippen LogP contribution >= 0.6 is 0 Å². The van der Waals surface area contributed by atoms with Crippen LogP contribution in [-0.4, -0.2) is 12.1 Å². The Morgan fingerprint density at radius 1 is 1.64 bits per heavy atom. The van der Waals surface area contributed by atoms with Crippen molar-refractivity contribution in [3.8, 4) is 11.9 Å². The maximum absolute atomic E-state index is 12.4. The highest BCUT2D eigenvalue weighted by atomic mass is 19.3. The summed E-state index contributed by atoms with van der Waals surface area (Å²) >= 11 is 0. The number of methoxy groups -OCH3 is 1. The third kappa shape index (κ3) is 1.71. The van der Waals surface area contributed by atoms with Crippen molar-refractivity contribution in [2.24, 2.45) is 0 Å². The van der Waals surface area contributed by atoms with Gasteiger partial charge in [0, 0.05) is 6.07 Å². The molecule has 0 amide bonds. The summed E-state index contributed by atoms with van der Waals surface area (Å²) in [6, 6.07) is 2.90. The van der Waals surface area contributed by atoms with Gasteiger partial charge in [0.2, 0.25) is 5.88 Å². The lowest BCUT2D eigenvalue weighted by molar-refractivity contribution is 0.146. The average molecular weight is 199 g/mol. The Kier molecular flexibility index (Phi) is 2.82. The van der Waals surface area contributed by atoms with Crippen LogP contribution in [0.5, 0.6) is 5.88 Å². The van der Waals surface area contributed by atoms with Gasteiger partial charge in [0.25, 0.3) is 6.43 Å². The van der Waals surface area contributed by atoms with E-state index in [-0.39, 0.29) is 17.1 Å². The van der Waals surface area contributed by atoms with Gasteiger partial charge in [-0.05, 0) is 0 Å². The number of anilines is 1. The van der Waals surface area contributed by atoms with Crippen LogP contribution in [0.4, 0.5) is 14.5 Å². The summed E-state index contributed by atoms with van der Waals surface area (Å²) in [5, 5.41) is 8.59. The van der Waals surface area contributed by atoms with E-state index in [1.54, 1.807) is 6.07 Å². The number of nitriles is 1. The number of aromatic nitrogens is 1. The molecule has 0 bridgehead atoms. The molecule has 1 aromatic rings. The Bertz CT molecular complexity index is 387. The lowest BCUT2D eigenvalue weighted by atomic mass is 10.2. The second-order valence-electron chi connectivity index (χ2n) is 2.42. The van der Waals surface area contributed by atoms with Crippen molar-refractivity contribution in [1.82, 2.24) is 4.98 Å². The number of hydrogen-bond donors (Lipinski definition) is 1. The fraction of sp³-hybridized carbons (Fsp3) is 0.250. The molecule has 0 aliphatic rings. The van der Waals surface area contributed by atoms with E-state index in [9.17, 15) is 8.78 Å². The summed E-state index contributed by atoms with van der Waals surface area (Å²) in [7, 11) is 1.27. The summed E-state index contributed by atoms with van der Waals surface area (Å²) in [6.07, 6.45) is -2.82. The molecule has 0 fully saturated rings. The van der Waals surface area contributed by atoms with Gasteiger partial charge in [-0.25, -0.2) is 13.8 Å². The maximum Gasteiger partial charge on any atom is 0.282 e. The van der Waals surface area contributed by atoms with Crippen molar-refractivity contribution in [2.75, 3.05) is 12.8 Å². The number of alkyl halides is 2. The number of pyridine rings is 1. The van der Waals surface area contributed by atoms with Crippen LogP contribution in [0.25, 0.3) is 0 Å². The first-order valence-electron chi connectivity index (χ1n) is 3.62. The normalized spacial score (nSPS) is 9.93. The largest absolute Gasteiger partial charge is 0.481 e. The molecule has 0 aromatic carbocycles. The number of hydrogen-bond acceptors (Lipinski definition) is 4. The van der Waals surface area contributed by atoms with Crippen molar-refractivity contribution < 1.29 is 13.5 Å². The average Bonchev–Trinajstić information content (AvgIpc) is 2.17. The molecule has 4 nitrogen and oxygen atoms in total. The van der Waals surface area contributed by atoms with Gasteiger partial charge < -0.3 is 10.5 Å². The number of rotatable bonds is 2. The van der Waals surface area contributed by atoms with Crippen LogP contribution < -0.4 is 10.5 Å². The number of nitrogens with zero attached hydrogens (tertiary/aromatic N) is 2. The first-order valence-corrected chi connectivity index (χ1v) is 3.62. The highest BCUT2D eigenvalue weighted by Crippen LogP contribution is 2.28. The number of nitrogens with two attached hydrogens (primary N) is 1. The van der Waals surface area contributed by atoms with E-state index in [0.29, 0.717) is 0 Å². The Balaban J connectivity index is 3.36. The molecule has 0 aliphatic heterocycles. The molecule has 2 N–H and O–H groups in total. The summed E-state index contributed by atoms with van der Waals surface area (Å²) in [5.74, 6) is -0.0500. The molecule has 1 aromatic heterocycles. The Labute approximate surface area is 78.9 Å². The van der Waals surface area contributed by atoms with E-state index >= 15 is 0 Å². The highest BCUT2D eigenvalue weighted by molar-refractivity contribution is 5.58. The van der Waals surface area contributed by atoms with E-state index < -0.39 is 12.1 Å². The predicted molar refractivity (Wildman–Crippen MR) is 44.9 cm³/mol. The number of halogens is 2. The van der Waals surface area contributed by atoms with Crippen molar-refractivity contribution in [3.05, 3.63) is 17.3 Å². The summed E-state index contributed by atoms with van der Waals surface area (Å²) in [5.41, 5.74) is 4.31. The quantitative estimate of drug-likeness (QED) is 0.782. The van der Waals surface area contributed by atoms with E-state index in [2.05, 4.69) is 9.72 Å². The molecule has 0 aliphatic carbocycles. The Hall–Kier alpha value is -1.90. The van der Waals surface area contributed by atoms with Crippen molar-refractivity contribution in [3.63, 3.8) is 0 Å². The topological polar surface area (TPSA) is 71.9 Å². The SMILES string of the molecule is COc1cc(C#N)c(N)c(C(F)F)n1. The van der Waals surface area contributed by atoms with Crippen LogP contribution in [0.2, 0.25) is 0 Å². The van der Waals surface area contributed by atoms with Crippen molar-refractivity contribution in [1.29, 1.82) is 5.26 Å². The maximum atomic E-state index is 12.4. The van der Waals surface area contributed by atoms with Gasteiger partial charge in [0.15, 0.2) is 0 Å². The third-order valence-corrected chi connectivity index (χ3v) is 1.60. The minimum absolute atomic E-state index is 0.0500. The van der Waals surface area contributed by atoms with Gasteiger partial charge in [0.05, 0.1) is 18.4 Å². The molecule has 0 atom stereocenters. The second kappa shape index (κ2) is 3.87. The van der Waals surface area contributed by atoms with Gasteiger partial charge in [-0.3, -0.25) is 0 Å². The zero-order valence-electron chi connectivity index (χ0n) is 7.29. The predicted octanol–water partition coefficient (Wildman–Crippen LogP) is 1.48. The first-order chi connectivity index (χ1) is 6.60. The molecule has 0 spiro atoms. The zero-order valence-corrected chi connectivity index (χ0v) is 7.29. The van der Waals surface area contributed by atoms with Gasteiger partial charge >= 0.3 is 0 Å². The molecule has 6 heteroatoms. The fourth-order valence-electron chi connectivity index (χ4n) is 0.914. The van der Waals surface area contributed by atoms with Gasteiger partial charge in [-0.15, -0.1) is 0 Å². The molecule has 0 unspecified atom stereocenters. The van der Waals surface area contributed by atoms with E-state index in [4.69, 9.17) is 11.0 Å². The van der Waals surface area contributed by atoms with Crippen LogP contribution in [0, 0.1) is 11.3 Å². The Morgan fingerprint density at radius 2 is 2.29 bits per heavy atom. The standard InChI is InChI=1S/C8H7F2N3O/c1-14-5-2-4(3-11)6(12)7(13-5)8(9)10/h2,8H,12H2,1H3. The fourth-order valence-corrected chi connectivity index (χ4v) is 0.914. The summed E-state index contributed by atoms with van der Waals surface area (Å²) in [6.45, 7) is 0. The monoisotopic (exact) mass is 199 g/mol. The molecule has 1 heterocycles. The number of ether oxygens (including phenoxy) is 1. The second-order valence-corrected chi connectivity index (χ2v) is 2.42. The first kappa shape index (κ1) is 10.2. The van der Waals surface area contributed by atoms with Crippen LogP contribution in [-0.2, 0) is 0 Å². The molecule has 0 radical (unpaired) electrons. The van der Waals surface area contributed by atoms with Gasteiger partial charge in [0.1, 0.15) is 11.8 Å². The molecule has 14 heavy (non-hydrogen) atoms. The molecular weight excluding hydrogens is 192 g/mol. The minimum Gasteiger partial charge on any atom is -0.481 e. The lowest BCUT2D eigenvalue weighted by Gasteiger charge is -2.07. The molecule has 1 rings (SSSR count). The van der Waals surface area contributed by atoms with Crippen molar-refractivity contribution in [2.45, 2.75) is 6.43 Å². The van der Waals surface area contributed by atoms with Crippen LogP contribution in [0.15, 0.2) is 6.07 Å². The van der Waals surface area contributed by atoms with Gasteiger partial charge in [-0.1, -0.05) is 0 Å². The molecule has 0 saturated carbocycles. The Morgan fingerprint density at radius 3 is 2.71 bits per heavy atom. The molecule has 0 saturated heterocycles. The van der Waals surface area contributed by atoms with Crippen LogP contribution in [0.3, 0.4) is 0 Å². The molecular formula is C8H7F2N3O. The minimum atomic E-state index is -2.82. The highest BCUT2D eigenvalue weighted by Gasteiger charge is 2.18. The smallest absolute Gasteiger partial charge is 0.282 e. The van der Waals surface area contributed by atoms with Crippen LogP contribution in [0.1, 0.15) is 17.7 Å². The summed E-state index contributed by atoms with van der Waals surface area (Å²) < 4.78 is 29.4. The zero-order chi connectivity index (χ0) is 10.7. The lowest BCUT2D eigenvalue weighted by Crippen LogP contribution is -2.03. The summed E-state index contributed by atoms with van der Waals surface area (Å²) in [4.78, 5) is 3.45. The van der Waals surface area contributed by atoms with Crippen molar-refractivity contribution >= 4 is 5.69 Å². The van der Waals surface area contributed by atoms with E-state index in [1.165, 1.54) is 13.2 Å². The van der Waals surface area contributed by atoms with E-state index in [1.807, 2.05) is 0 Å². The van der Waals surface area contributed by atoms with E-state index in [0.717, 1.165) is 0 Å². The number of nitrogen functional groups attached to an aromatic ring is 1.